The number of rotatable bonds is 6. The van der Waals surface area contributed by atoms with Gasteiger partial charge < -0.3 is 20.5 Å². The third kappa shape index (κ3) is 5.13. The van der Waals surface area contributed by atoms with Crippen molar-refractivity contribution >= 4 is 39.2 Å². The van der Waals surface area contributed by atoms with Crippen LogP contribution in [0, 0.1) is 11.2 Å². The van der Waals surface area contributed by atoms with Crippen LogP contribution < -0.4 is 10.6 Å². The number of halogens is 2. The zero-order valence-electron chi connectivity index (χ0n) is 16.1. The molecule has 154 valence electrons. The Morgan fingerprint density at radius 3 is 2.62 bits per heavy atom. The number of carbonyl (C=O) groups is 2. The Bertz CT molecular complexity index is 948. The van der Waals surface area contributed by atoms with E-state index >= 15 is 0 Å². The van der Waals surface area contributed by atoms with E-state index in [1.807, 2.05) is 0 Å². The number of aromatic carboxylic acids is 1. The molecule has 8 heteroatoms. The Morgan fingerprint density at radius 2 is 2.00 bits per heavy atom. The Morgan fingerprint density at radius 1 is 1.24 bits per heavy atom. The van der Waals surface area contributed by atoms with Crippen molar-refractivity contribution in [1.82, 2.24) is 0 Å². The summed E-state index contributed by atoms with van der Waals surface area (Å²) in [6, 6.07) is 8.95. The second kappa shape index (κ2) is 8.51. The number of hydrogen-bond acceptors (Lipinski definition) is 4. The molecule has 1 fully saturated rings. The Labute approximate surface area is 176 Å². The lowest BCUT2D eigenvalue weighted by atomic mass is 9.87. The molecule has 0 unspecified atom stereocenters. The van der Waals surface area contributed by atoms with Crippen LogP contribution in [0.25, 0.3) is 0 Å². The lowest BCUT2D eigenvalue weighted by Crippen LogP contribution is -2.35. The van der Waals surface area contributed by atoms with E-state index in [0.717, 1.165) is 0 Å². The summed E-state index contributed by atoms with van der Waals surface area (Å²) in [6.07, 6.45) is -0.0116. The second-order valence-electron chi connectivity index (χ2n) is 7.74. The van der Waals surface area contributed by atoms with Gasteiger partial charge in [0.25, 0.3) is 0 Å². The third-order valence-electron chi connectivity index (χ3n) is 4.92. The largest absolute Gasteiger partial charge is 0.478 e. The van der Waals surface area contributed by atoms with Crippen molar-refractivity contribution in [3.05, 3.63) is 57.8 Å². The van der Waals surface area contributed by atoms with Crippen LogP contribution in [0.1, 0.15) is 29.8 Å². The molecule has 1 heterocycles. The molecule has 1 amide bonds. The van der Waals surface area contributed by atoms with E-state index in [1.54, 1.807) is 18.2 Å². The molecule has 0 saturated carbocycles. The van der Waals surface area contributed by atoms with E-state index in [1.165, 1.54) is 18.2 Å². The first-order chi connectivity index (χ1) is 13.7. The lowest BCUT2D eigenvalue weighted by molar-refractivity contribution is -0.115. The molecule has 6 nitrogen and oxygen atoms in total. The van der Waals surface area contributed by atoms with Gasteiger partial charge in [0.2, 0.25) is 5.91 Å². The van der Waals surface area contributed by atoms with Gasteiger partial charge in [0.1, 0.15) is 5.82 Å². The van der Waals surface area contributed by atoms with Crippen LogP contribution >= 0.6 is 15.9 Å². The first-order valence-corrected chi connectivity index (χ1v) is 9.90. The molecule has 1 aliphatic heterocycles. The predicted octanol–water partition coefficient (Wildman–Crippen LogP) is 4.30. The highest BCUT2D eigenvalue weighted by molar-refractivity contribution is 9.10. The zero-order valence-corrected chi connectivity index (χ0v) is 17.7. The van der Waals surface area contributed by atoms with Gasteiger partial charge in [-0.3, -0.25) is 4.79 Å². The topological polar surface area (TPSA) is 87.7 Å². The molecule has 1 saturated heterocycles. The molecule has 2 aromatic rings. The van der Waals surface area contributed by atoms with Crippen LogP contribution in [0.3, 0.4) is 0 Å². The second-order valence-corrected chi connectivity index (χ2v) is 8.59. The normalized spacial score (nSPS) is 17.7. The SMILES string of the molecule is CC1(C)COC[C@H]1Nc1cc(C(=O)O)ccc1NC(=O)Cc1ccc(Br)c(F)c1. The van der Waals surface area contributed by atoms with Crippen molar-refractivity contribution in [1.29, 1.82) is 0 Å². The molecule has 1 atom stereocenters. The van der Waals surface area contributed by atoms with Crippen LogP contribution in [0.2, 0.25) is 0 Å². The summed E-state index contributed by atoms with van der Waals surface area (Å²) in [5.41, 5.74) is 1.46. The minimum Gasteiger partial charge on any atom is -0.478 e. The number of carbonyl (C=O) groups excluding carboxylic acids is 1. The van der Waals surface area contributed by atoms with Gasteiger partial charge in [-0.1, -0.05) is 19.9 Å². The first-order valence-electron chi connectivity index (χ1n) is 9.11. The molecule has 1 aliphatic rings. The maximum Gasteiger partial charge on any atom is 0.335 e. The van der Waals surface area contributed by atoms with Gasteiger partial charge in [0.05, 0.1) is 47.1 Å². The summed E-state index contributed by atoms with van der Waals surface area (Å²) in [6.45, 7) is 5.17. The Balaban J connectivity index is 1.80. The predicted molar refractivity (Wildman–Crippen MR) is 112 cm³/mol. The Hall–Kier alpha value is -2.45. The number of carboxylic acid groups (broad SMARTS) is 1. The van der Waals surface area contributed by atoms with Crippen LogP contribution in [-0.2, 0) is 16.0 Å². The van der Waals surface area contributed by atoms with E-state index in [9.17, 15) is 19.1 Å². The van der Waals surface area contributed by atoms with E-state index in [-0.39, 0.29) is 29.3 Å². The molecule has 2 aromatic carbocycles. The number of hydrogen-bond donors (Lipinski definition) is 3. The van der Waals surface area contributed by atoms with Gasteiger partial charge in [0, 0.05) is 5.41 Å². The third-order valence-corrected chi connectivity index (χ3v) is 5.56. The molecule has 0 aromatic heterocycles. The minimum atomic E-state index is -1.06. The molecular weight excluding hydrogens is 443 g/mol. The first kappa shape index (κ1) is 21.3. The van der Waals surface area contributed by atoms with Gasteiger partial charge in [-0.05, 0) is 51.8 Å². The average molecular weight is 465 g/mol. The van der Waals surface area contributed by atoms with Crippen molar-refractivity contribution in [2.45, 2.75) is 26.3 Å². The van der Waals surface area contributed by atoms with Crippen LogP contribution in [-0.4, -0.2) is 36.2 Å². The quantitative estimate of drug-likeness (QED) is 0.592. The number of ether oxygens (including phenoxy) is 1. The number of nitrogens with one attached hydrogen (secondary N) is 2. The van der Waals surface area contributed by atoms with Crippen molar-refractivity contribution in [2.24, 2.45) is 5.41 Å². The summed E-state index contributed by atoms with van der Waals surface area (Å²) in [4.78, 5) is 23.9. The molecule has 29 heavy (non-hydrogen) atoms. The van der Waals surface area contributed by atoms with Gasteiger partial charge >= 0.3 is 5.97 Å². The fourth-order valence-electron chi connectivity index (χ4n) is 3.13. The zero-order chi connectivity index (χ0) is 21.2. The molecule has 0 spiro atoms. The number of anilines is 2. The molecule has 3 N–H and O–H groups in total. The Kier molecular flexibility index (Phi) is 6.24. The molecule has 0 radical (unpaired) electrons. The monoisotopic (exact) mass is 464 g/mol. The fraction of sp³-hybridized carbons (Fsp3) is 0.333. The number of amides is 1. The standard InChI is InChI=1S/C21H22BrFN2O4/c1-21(2)11-29-10-18(21)24-17-9-13(20(27)28)4-6-16(17)25-19(26)8-12-3-5-14(22)15(23)7-12/h3-7,9,18,24H,8,10-11H2,1-2H3,(H,25,26)(H,27,28)/t18-/m1/s1. The van der Waals surface area contributed by atoms with Crippen molar-refractivity contribution < 1.29 is 23.8 Å². The van der Waals surface area contributed by atoms with Crippen molar-refractivity contribution in [2.75, 3.05) is 23.8 Å². The van der Waals surface area contributed by atoms with Crippen LogP contribution in [0.15, 0.2) is 40.9 Å². The van der Waals surface area contributed by atoms with E-state index < -0.39 is 11.8 Å². The van der Waals surface area contributed by atoms with Gasteiger partial charge in [-0.25, -0.2) is 9.18 Å². The molecular formula is C21H22BrFN2O4. The molecule has 3 rings (SSSR count). The maximum absolute atomic E-state index is 13.7. The minimum absolute atomic E-state index is 0.0116. The van der Waals surface area contributed by atoms with Crippen molar-refractivity contribution in [3.63, 3.8) is 0 Å². The molecule has 0 bridgehead atoms. The van der Waals surface area contributed by atoms with E-state index in [2.05, 4.69) is 40.4 Å². The maximum atomic E-state index is 13.7. The summed E-state index contributed by atoms with van der Waals surface area (Å²) in [5, 5.41) is 15.4. The van der Waals surface area contributed by atoms with Crippen LogP contribution in [0.4, 0.5) is 15.8 Å². The van der Waals surface area contributed by atoms with E-state index in [4.69, 9.17) is 4.74 Å². The van der Waals surface area contributed by atoms with Gasteiger partial charge in [-0.2, -0.15) is 0 Å². The highest BCUT2D eigenvalue weighted by Gasteiger charge is 2.36. The van der Waals surface area contributed by atoms with Gasteiger partial charge in [-0.15, -0.1) is 0 Å². The fourth-order valence-corrected chi connectivity index (χ4v) is 3.37. The highest BCUT2D eigenvalue weighted by atomic mass is 79.9. The summed E-state index contributed by atoms with van der Waals surface area (Å²) in [7, 11) is 0. The molecule has 0 aliphatic carbocycles. The lowest BCUT2D eigenvalue weighted by Gasteiger charge is -2.27. The summed E-state index contributed by atoms with van der Waals surface area (Å²) < 4.78 is 19.6. The number of carboxylic acids is 1. The summed E-state index contributed by atoms with van der Waals surface area (Å²) >= 11 is 3.09. The number of benzene rings is 2. The highest BCUT2D eigenvalue weighted by Crippen LogP contribution is 2.33. The van der Waals surface area contributed by atoms with Crippen LogP contribution in [0.5, 0.6) is 0 Å². The average Bonchev–Trinajstić information content (AvgIpc) is 2.97. The van der Waals surface area contributed by atoms with Gasteiger partial charge in [0.15, 0.2) is 0 Å². The van der Waals surface area contributed by atoms with E-state index in [0.29, 0.717) is 34.6 Å². The smallest absolute Gasteiger partial charge is 0.335 e. The van der Waals surface area contributed by atoms with Crippen molar-refractivity contribution in [3.8, 4) is 0 Å². The summed E-state index contributed by atoms with van der Waals surface area (Å²) in [5.74, 6) is -1.83.